The number of hydrogen-bond donors (Lipinski definition) is 1. The van der Waals surface area contributed by atoms with Crippen LogP contribution >= 0.6 is 46.1 Å². The molecule has 1 aromatic heterocycles. The molecule has 110 valence electrons. The maximum absolute atomic E-state index is 10.8. The predicted molar refractivity (Wildman–Crippen MR) is 88.4 cm³/mol. The van der Waals surface area contributed by atoms with E-state index in [0.717, 1.165) is 0 Å². The van der Waals surface area contributed by atoms with Gasteiger partial charge in [-0.2, -0.15) is 5.10 Å². The van der Waals surface area contributed by atoms with Gasteiger partial charge < -0.3 is 0 Å². The lowest BCUT2D eigenvalue weighted by atomic mass is 10.3. The zero-order valence-electron chi connectivity index (χ0n) is 10.6. The molecular formula is C12H8Cl3N3O2S. The summed E-state index contributed by atoms with van der Waals surface area (Å²) in [5.74, 6) is 0. The van der Waals surface area contributed by atoms with Gasteiger partial charge in [0.2, 0.25) is 0 Å². The van der Waals surface area contributed by atoms with E-state index < -0.39 is 4.92 Å². The Labute approximate surface area is 139 Å². The summed E-state index contributed by atoms with van der Waals surface area (Å²) in [6, 6.07) is 4.52. The predicted octanol–water partition coefficient (Wildman–Crippen LogP) is 5.37. The zero-order valence-corrected chi connectivity index (χ0v) is 13.6. The number of benzene rings is 1. The molecule has 0 aliphatic rings. The smallest absolute Gasteiger partial charge is 0.275 e. The van der Waals surface area contributed by atoms with E-state index in [1.807, 2.05) is 0 Å². The highest BCUT2D eigenvalue weighted by Gasteiger charge is 2.14. The summed E-state index contributed by atoms with van der Waals surface area (Å²) in [7, 11) is 0. The molecule has 1 heterocycles. The van der Waals surface area contributed by atoms with Gasteiger partial charge >= 0.3 is 0 Å². The molecule has 0 atom stereocenters. The summed E-state index contributed by atoms with van der Waals surface area (Å²) in [4.78, 5) is 11.6. The Kier molecular flexibility index (Phi) is 5.05. The Balaban J connectivity index is 2.16. The van der Waals surface area contributed by atoms with Gasteiger partial charge in [-0.15, -0.1) is 11.3 Å². The number of aryl methyl sites for hydroxylation is 1. The fourth-order valence-electron chi connectivity index (χ4n) is 1.55. The second kappa shape index (κ2) is 6.62. The third-order valence-electron chi connectivity index (χ3n) is 2.48. The molecule has 0 aliphatic heterocycles. The summed E-state index contributed by atoms with van der Waals surface area (Å²) >= 11 is 19.1. The van der Waals surface area contributed by atoms with Gasteiger partial charge in [-0.3, -0.25) is 15.5 Å². The molecule has 5 nitrogen and oxygen atoms in total. The van der Waals surface area contributed by atoms with Gasteiger partial charge in [0.15, 0.2) is 0 Å². The van der Waals surface area contributed by atoms with Crippen molar-refractivity contribution in [2.75, 3.05) is 5.43 Å². The van der Waals surface area contributed by atoms with Crippen LogP contribution in [0.2, 0.25) is 15.1 Å². The highest BCUT2D eigenvalue weighted by Crippen LogP contribution is 2.33. The number of rotatable bonds is 4. The van der Waals surface area contributed by atoms with Gasteiger partial charge in [-0.1, -0.05) is 34.8 Å². The number of nitrogens with zero attached hydrogens (tertiary/aromatic N) is 2. The fourth-order valence-corrected chi connectivity index (χ4v) is 3.32. The second-order valence-corrected chi connectivity index (χ2v) is 6.50. The van der Waals surface area contributed by atoms with E-state index in [9.17, 15) is 10.1 Å². The molecule has 0 unspecified atom stereocenters. The molecule has 0 aliphatic carbocycles. The molecule has 0 amide bonds. The fraction of sp³-hybridized carbons (Fsp3) is 0.0833. The quantitative estimate of drug-likeness (QED) is 0.450. The van der Waals surface area contributed by atoms with Crippen LogP contribution in [0.5, 0.6) is 0 Å². The first kappa shape index (κ1) is 16.0. The molecule has 1 aromatic carbocycles. The minimum absolute atomic E-state index is 0.0732. The van der Waals surface area contributed by atoms with Gasteiger partial charge in [0.25, 0.3) is 5.69 Å². The van der Waals surface area contributed by atoms with E-state index in [4.69, 9.17) is 34.8 Å². The molecule has 1 N–H and O–H groups in total. The van der Waals surface area contributed by atoms with Gasteiger partial charge in [-0.05, 0) is 19.1 Å². The van der Waals surface area contributed by atoms with Crippen LogP contribution in [-0.2, 0) is 0 Å². The average molecular weight is 365 g/mol. The number of thiophene rings is 1. The minimum Gasteiger partial charge on any atom is -0.275 e. The molecule has 9 heteroatoms. The topological polar surface area (TPSA) is 67.5 Å². The summed E-state index contributed by atoms with van der Waals surface area (Å²) in [6.07, 6.45) is 1.46. The van der Waals surface area contributed by atoms with Crippen molar-refractivity contribution in [1.29, 1.82) is 0 Å². The Morgan fingerprint density at radius 3 is 2.43 bits per heavy atom. The first-order valence-corrected chi connectivity index (χ1v) is 7.52. The molecule has 0 saturated heterocycles. The lowest BCUT2D eigenvalue weighted by molar-refractivity contribution is -0.385. The number of nitrogens with one attached hydrogen (secondary N) is 1. The Morgan fingerprint density at radius 1 is 1.29 bits per heavy atom. The Morgan fingerprint density at radius 2 is 1.90 bits per heavy atom. The van der Waals surface area contributed by atoms with Gasteiger partial charge in [0.1, 0.15) is 0 Å². The third-order valence-corrected chi connectivity index (χ3v) is 4.27. The molecule has 0 spiro atoms. The van der Waals surface area contributed by atoms with Crippen LogP contribution in [0.1, 0.15) is 9.75 Å². The first-order chi connectivity index (χ1) is 9.88. The number of hydrazone groups is 1. The molecule has 21 heavy (non-hydrogen) atoms. The van der Waals surface area contributed by atoms with E-state index >= 15 is 0 Å². The van der Waals surface area contributed by atoms with Gasteiger partial charge in [-0.25, -0.2) is 0 Å². The van der Waals surface area contributed by atoms with Crippen molar-refractivity contribution < 1.29 is 4.92 Å². The molecule has 0 saturated carbocycles. The molecule has 2 rings (SSSR count). The zero-order chi connectivity index (χ0) is 15.6. The monoisotopic (exact) mass is 363 g/mol. The summed E-state index contributed by atoms with van der Waals surface area (Å²) in [6.45, 7) is 1.68. The molecular weight excluding hydrogens is 357 g/mol. The van der Waals surface area contributed by atoms with Crippen LogP contribution in [0.4, 0.5) is 11.4 Å². The van der Waals surface area contributed by atoms with E-state index in [0.29, 0.717) is 30.5 Å². The number of hydrogen-bond acceptors (Lipinski definition) is 5. The second-order valence-electron chi connectivity index (χ2n) is 3.96. The van der Waals surface area contributed by atoms with Crippen molar-refractivity contribution in [1.82, 2.24) is 0 Å². The molecule has 0 radical (unpaired) electrons. The Bertz CT molecular complexity index is 708. The molecule has 2 aromatic rings. The summed E-state index contributed by atoms with van der Waals surface area (Å²) < 4.78 is 0. The number of nitro groups is 1. The van der Waals surface area contributed by atoms with Crippen LogP contribution in [0.25, 0.3) is 0 Å². The highest BCUT2D eigenvalue weighted by atomic mass is 35.5. The van der Waals surface area contributed by atoms with Crippen molar-refractivity contribution in [2.45, 2.75) is 6.92 Å². The van der Waals surface area contributed by atoms with Crippen LogP contribution < -0.4 is 5.43 Å². The van der Waals surface area contributed by atoms with Crippen LogP contribution in [0.3, 0.4) is 0 Å². The lowest BCUT2D eigenvalue weighted by Crippen LogP contribution is -1.92. The van der Waals surface area contributed by atoms with Crippen LogP contribution in [0.15, 0.2) is 23.3 Å². The molecule has 0 bridgehead atoms. The van der Waals surface area contributed by atoms with E-state index in [1.165, 1.54) is 35.8 Å². The minimum atomic E-state index is -0.427. The SMILES string of the molecule is Cc1sc(/C=N/Nc2c(Cl)cc(Cl)cc2Cl)cc1[N+](=O)[O-]. The maximum Gasteiger partial charge on any atom is 0.283 e. The van der Waals surface area contributed by atoms with E-state index in [2.05, 4.69) is 10.5 Å². The first-order valence-electron chi connectivity index (χ1n) is 5.57. The normalized spacial score (nSPS) is 11.0. The van der Waals surface area contributed by atoms with E-state index in [-0.39, 0.29) is 5.69 Å². The van der Waals surface area contributed by atoms with Crippen LogP contribution in [0, 0.1) is 17.0 Å². The van der Waals surface area contributed by atoms with Crippen molar-refractivity contribution in [2.24, 2.45) is 5.10 Å². The van der Waals surface area contributed by atoms with Crippen molar-refractivity contribution >= 4 is 63.7 Å². The van der Waals surface area contributed by atoms with Crippen LogP contribution in [-0.4, -0.2) is 11.1 Å². The van der Waals surface area contributed by atoms with Gasteiger partial charge in [0, 0.05) is 11.1 Å². The Hall–Kier alpha value is -1.34. The summed E-state index contributed by atoms with van der Waals surface area (Å²) in [5, 5.41) is 15.8. The van der Waals surface area contributed by atoms with Crippen molar-refractivity contribution in [3.8, 4) is 0 Å². The van der Waals surface area contributed by atoms with Crippen molar-refractivity contribution in [3.05, 3.63) is 53.1 Å². The maximum atomic E-state index is 10.8. The highest BCUT2D eigenvalue weighted by molar-refractivity contribution is 7.14. The van der Waals surface area contributed by atoms with Gasteiger partial charge in [0.05, 0.1) is 36.6 Å². The summed E-state index contributed by atoms with van der Waals surface area (Å²) in [5.41, 5.74) is 3.19. The van der Waals surface area contributed by atoms with Crippen molar-refractivity contribution in [3.63, 3.8) is 0 Å². The third kappa shape index (κ3) is 3.85. The number of halogens is 3. The van der Waals surface area contributed by atoms with E-state index in [1.54, 1.807) is 6.92 Å². The largest absolute Gasteiger partial charge is 0.283 e. The average Bonchev–Trinajstić information content (AvgIpc) is 2.74. The standard InChI is InChI=1S/C12H8Cl3N3O2S/c1-6-11(18(19)20)4-8(21-6)5-16-17-12-9(14)2-7(13)3-10(12)15/h2-5,17H,1H3/b16-5+. The number of anilines is 1. The molecule has 0 fully saturated rings. The lowest BCUT2D eigenvalue weighted by Gasteiger charge is -2.06.